The van der Waals surface area contributed by atoms with Gasteiger partial charge in [-0.05, 0) is 131 Å². The van der Waals surface area contributed by atoms with Crippen molar-refractivity contribution in [1.29, 1.82) is 0 Å². The van der Waals surface area contributed by atoms with Crippen LogP contribution in [0.15, 0.2) is 79.4 Å². The first-order chi connectivity index (χ1) is 37.8. The molecule has 0 unspecified atom stereocenters. The van der Waals surface area contributed by atoms with Gasteiger partial charge in [-0.2, -0.15) is 0 Å². The maximum absolute atomic E-state index is 14.2. The van der Waals surface area contributed by atoms with Crippen molar-refractivity contribution < 1.29 is 62.0 Å². The molecule has 0 spiro atoms. The second-order valence-electron chi connectivity index (χ2n) is 20.9. The molecule has 19 heteroatoms. The number of fused-ring (bicyclic) bond motifs is 3. The van der Waals surface area contributed by atoms with E-state index in [2.05, 4.69) is 22.5 Å². The first-order valence-electron chi connectivity index (χ1n) is 27.0. The standard InChI is InChI=1S/C60H74ClN5O13/c1-8-28-76-58(73)63-49(20-13-14-26-62-57(72)79-60(5,6)7)52(69)31-41-22-24-42(25-23-41)36-78-59(74)64-50-33-53(38(2)30-48(50)56(71)65-27-16-17-44(65)37-77-40(4)68)75-29-15-9-10-21-54(70)66-35-43(34-61)55-46-19-12-11-18-45(46)47(39(3)67)32-51(55)66/h8,11-12,18-19,22-25,30,32-33,43-44,49H,1,9-10,13-17,20-21,26-29,31,34-37H2,2-7H3,(H,62,72)(H,63,73)(H,64,74)/t43-,44+,49+/m1/s1. The van der Waals surface area contributed by atoms with Gasteiger partial charge < -0.3 is 44.1 Å². The van der Waals surface area contributed by atoms with Gasteiger partial charge in [-0.15, -0.1) is 11.6 Å². The Bertz CT molecular complexity index is 2870. The number of nitrogens with one attached hydrogen (secondary N) is 3. The van der Waals surface area contributed by atoms with Crippen LogP contribution in [0.1, 0.15) is 141 Å². The van der Waals surface area contributed by atoms with Crippen molar-refractivity contribution in [3.8, 4) is 5.75 Å². The van der Waals surface area contributed by atoms with Crippen LogP contribution in [0.3, 0.4) is 0 Å². The molecule has 2 aliphatic rings. The number of alkyl halides is 1. The van der Waals surface area contributed by atoms with Gasteiger partial charge in [0, 0.05) is 68.5 Å². The van der Waals surface area contributed by atoms with Crippen LogP contribution in [0.2, 0.25) is 0 Å². The van der Waals surface area contributed by atoms with Crippen molar-refractivity contribution in [2.75, 3.05) is 55.6 Å². The number of ether oxygens (including phenoxy) is 5. The molecule has 1 fully saturated rings. The lowest BCUT2D eigenvalue weighted by Crippen LogP contribution is -2.42. The third-order valence-corrected chi connectivity index (χ3v) is 14.0. The van der Waals surface area contributed by atoms with E-state index >= 15 is 0 Å². The lowest BCUT2D eigenvalue weighted by Gasteiger charge is -2.26. The smallest absolute Gasteiger partial charge is 0.411 e. The van der Waals surface area contributed by atoms with Crippen LogP contribution in [-0.2, 0) is 46.4 Å². The molecular formula is C60H74ClN5O13. The van der Waals surface area contributed by atoms with E-state index < -0.39 is 35.9 Å². The minimum absolute atomic E-state index is 0.0101. The number of unbranched alkanes of at least 4 members (excludes halogenated alkanes) is 3. The minimum Gasteiger partial charge on any atom is -0.493 e. The third kappa shape index (κ3) is 17.5. The Kier molecular flexibility index (Phi) is 22.3. The van der Waals surface area contributed by atoms with Crippen molar-refractivity contribution in [2.45, 2.75) is 136 Å². The van der Waals surface area contributed by atoms with Crippen molar-refractivity contribution in [1.82, 2.24) is 15.5 Å². The molecule has 0 radical (unpaired) electrons. The number of benzene rings is 4. The van der Waals surface area contributed by atoms with E-state index in [9.17, 15) is 38.4 Å². The van der Waals surface area contributed by atoms with Crippen LogP contribution in [-0.4, -0.2) is 116 Å². The Labute approximate surface area is 467 Å². The second-order valence-corrected chi connectivity index (χ2v) is 21.2. The highest BCUT2D eigenvalue weighted by Crippen LogP contribution is 2.44. The summed E-state index contributed by atoms with van der Waals surface area (Å²) >= 11 is 6.44. The first-order valence-corrected chi connectivity index (χ1v) is 27.5. The number of hydrogen-bond acceptors (Lipinski definition) is 13. The second kappa shape index (κ2) is 28.9. The van der Waals surface area contributed by atoms with Crippen LogP contribution in [0, 0.1) is 6.92 Å². The van der Waals surface area contributed by atoms with Gasteiger partial charge in [0.2, 0.25) is 5.91 Å². The molecule has 2 heterocycles. The highest BCUT2D eigenvalue weighted by Gasteiger charge is 2.35. The monoisotopic (exact) mass is 1110 g/mol. The van der Waals surface area contributed by atoms with Crippen LogP contribution in [0.5, 0.6) is 5.75 Å². The number of alkyl carbamates (subject to hydrolysis) is 2. The third-order valence-electron chi connectivity index (χ3n) is 13.6. The van der Waals surface area contributed by atoms with E-state index in [0.717, 1.165) is 22.0 Å². The highest BCUT2D eigenvalue weighted by atomic mass is 35.5. The summed E-state index contributed by atoms with van der Waals surface area (Å²) in [6.45, 7) is 14.8. The summed E-state index contributed by atoms with van der Waals surface area (Å²) in [6.07, 6.45) is 4.12. The van der Waals surface area contributed by atoms with E-state index in [1.807, 2.05) is 30.3 Å². The zero-order valence-corrected chi connectivity index (χ0v) is 46.9. The van der Waals surface area contributed by atoms with Crippen LogP contribution < -0.4 is 25.6 Å². The van der Waals surface area contributed by atoms with Crippen LogP contribution in [0.4, 0.5) is 25.8 Å². The van der Waals surface area contributed by atoms with Gasteiger partial charge in [-0.3, -0.25) is 29.3 Å². The number of halogens is 1. The summed E-state index contributed by atoms with van der Waals surface area (Å²) in [6, 6.07) is 18.5. The normalized spacial score (nSPS) is 15.1. The number of ketones is 2. The lowest BCUT2D eigenvalue weighted by molar-refractivity contribution is -0.142. The average molecular weight is 1110 g/mol. The summed E-state index contributed by atoms with van der Waals surface area (Å²) in [5, 5.41) is 9.88. The lowest BCUT2D eigenvalue weighted by atomic mass is 9.92. The van der Waals surface area contributed by atoms with Gasteiger partial charge in [0.1, 0.15) is 31.2 Å². The predicted molar refractivity (Wildman–Crippen MR) is 301 cm³/mol. The first kappa shape index (κ1) is 60.8. The molecule has 0 bridgehead atoms. The maximum atomic E-state index is 14.2. The minimum atomic E-state index is -0.861. The molecule has 4 aromatic rings. The number of likely N-dealkylation sites (tertiary alicyclic amines) is 1. The molecule has 18 nitrogen and oxygen atoms in total. The van der Waals surface area contributed by atoms with Crippen LogP contribution in [0.25, 0.3) is 10.8 Å². The average Bonchev–Trinajstić information content (AvgIpc) is 4.30. The van der Waals surface area contributed by atoms with Gasteiger partial charge >= 0.3 is 24.2 Å². The van der Waals surface area contributed by atoms with Crippen molar-refractivity contribution >= 4 is 81.4 Å². The van der Waals surface area contributed by atoms with Gasteiger partial charge in [0.05, 0.1) is 29.9 Å². The van der Waals surface area contributed by atoms with E-state index in [4.69, 9.17) is 35.3 Å². The highest BCUT2D eigenvalue weighted by molar-refractivity contribution is 6.19. The Morgan fingerprint density at radius 1 is 0.835 bits per heavy atom. The number of carbonyl (C=O) groups excluding carboxylic acids is 8. The maximum Gasteiger partial charge on any atom is 0.411 e. The molecule has 0 saturated carbocycles. The largest absolute Gasteiger partial charge is 0.493 e. The summed E-state index contributed by atoms with van der Waals surface area (Å²) in [5.74, 6) is -0.485. The molecule has 424 valence electrons. The molecular weight excluding hydrogens is 1030 g/mol. The number of hydrogen-bond donors (Lipinski definition) is 3. The fourth-order valence-corrected chi connectivity index (χ4v) is 9.97. The molecule has 0 aromatic heterocycles. The molecule has 2 aliphatic heterocycles. The summed E-state index contributed by atoms with van der Waals surface area (Å²) in [5.41, 5.74) is 3.93. The Hall–Kier alpha value is -7.47. The van der Waals surface area contributed by atoms with Gasteiger partial charge in [-0.1, -0.05) is 61.2 Å². The number of aryl methyl sites for hydroxylation is 1. The Morgan fingerprint density at radius 3 is 2.27 bits per heavy atom. The van der Waals surface area contributed by atoms with Crippen molar-refractivity contribution in [3.63, 3.8) is 0 Å². The molecule has 79 heavy (non-hydrogen) atoms. The number of esters is 1. The fraction of sp³-hybridized carbons (Fsp3) is 0.467. The zero-order chi connectivity index (χ0) is 57.2. The number of nitrogens with zero attached hydrogens (tertiary/aromatic N) is 2. The summed E-state index contributed by atoms with van der Waals surface area (Å²) < 4.78 is 27.5. The summed E-state index contributed by atoms with van der Waals surface area (Å²) in [4.78, 5) is 107. The SMILES string of the molecule is C=CCOC(=O)N[C@@H](CCCCNC(=O)OC(C)(C)C)C(=O)Cc1ccc(COC(=O)Nc2cc(OCCCCCC(=O)N3C[C@@H](CCl)c4c3cc(C(C)=O)c3ccccc43)c(C)cc2C(=O)N2CCC[C@H]2COC(C)=O)cc1. The van der Waals surface area contributed by atoms with Gasteiger partial charge in [0.25, 0.3) is 5.91 Å². The van der Waals surface area contributed by atoms with E-state index in [-0.39, 0.29) is 85.9 Å². The number of amides is 5. The number of rotatable bonds is 26. The molecule has 3 N–H and O–H groups in total. The quantitative estimate of drug-likeness (QED) is 0.0133. The number of anilines is 2. The zero-order valence-electron chi connectivity index (χ0n) is 46.2. The topological polar surface area (TPSA) is 225 Å². The van der Waals surface area contributed by atoms with E-state index in [1.165, 1.54) is 19.9 Å². The molecule has 5 amide bonds. The molecule has 6 rings (SSSR count). The molecule has 4 aromatic carbocycles. The number of carbonyl (C=O) groups is 8. The van der Waals surface area contributed by atoms with E-state index in [0.29, 0.717) is 105 Å². The molecule has 3 atom stereocenters. The predicted octanol–water partition coefficient (Wildman–Crippen LogP) is 10.7. The van der Waals surface area contributed by atoms with Crippen molar-refractivity contribution in [2.24, 2.45) is 0 Å². The number of Topliss-reactive ketones (excluding diaryl/α,β-unsaturated/α-hetero) is 2. The van der Waals surface area contributed by atoms with Gasteiger partial charge in [0.15, 0.2) is 11.6 Å². The molecule has 1 saturated heterocycles. The van der Waals surface area contributed by atoms with E-state index in [1.54, 1.807) is 73.9 Å². The summed E-state index contributed by atoms with van der Waals surface area (Å²) in [7, 11) is 0. The Balaban J connectivity index is 1.06. The van der Waals surface area contributed by atoms with Crippen LogP contribution >= 0.6 is 11.6 Å². The Morgan fingerprint density at radius 2 is 1.57 bits per heavy atom. The van der Waals surface area contributed by atoms with Crippen molar-refractivity contribution in [3.05, 3.63) is 113 Å². The fourth-order valence-electron chi connectivity index (χ4n) is 9.72. The molecule has 0 aliphatic carbocycles. The van der Waals surface area contributed by atoms with Gasteiger partial charge in [-0.25, -0.2) is 14.4 Å².